The van der Waals surface area contributed by atoms with Crippen LogP contribution in [0.4, 0.5) is 30.7 Å². The van der Waals surface area contributed by atoms with Crippen LogP contribution in [0.25, 0.3) is 0 Å². The molecular formula is C7H9ClF7N. The Balaban J connectivity index is 0.00000225. The minimum absolute atomic E-state index is 0. The molecule has 16 heavy (non-hydrogen) atoms. The summed E-state index contributed by atoms with van der Waals surface area (Å²) in [5.41, 5.74) is 0. The maximum absolute atomic E-state index is 12.9. The lowest BCUT2D eigenvalue weighted by atomic mass is 10.0. The molecule has 1 fully saturated rings. The molecule has 0 radical (unpaired) electrons. The van der Waals surface area contributed by atoms with E-state index in [-0.39, 0.29) is 25.4 Å². The van der Waals surface area contributed by atoms with Gasteiger partial charge in [0.15, 0.2) is 0 Å². The molecule has 0 aliphatic carbocycles. The van der Waals surface area contributed by atoms with E-state index < -0.39 is 30.5 Å². The van der Waals surface area contributed by atoms with Gasteiger partial charge in [-0.05, 0) is 19.4 Å². The topological polar surface area (TPSA) is 12.0 Å². The van der Waals surface area contributed by atoms with Gasteiger partial charge >= 0.3 is 18.0 Å². The third-order valence-electron chi connectivity index (χ3n) is 2.27. The molecule has 1 rings (SSSR count). The van der Waals surface area contributed by atoms with Gasteiger partial charge < -0.3 is 5.32 Å². The molecule has 0 unspecified atom stereocenters. The Morgan fingerprint density at radius 1 is 0.938 bits per heavy atom. The summed E-state index contributed by atoms with van der Waals surface area (Å²) in [5, 5.41) is 1.95. The highest BCUT2D eigenvalue weighted by Gasteiger charge is 2.75. The van der Waals surface area contributed by atoms with Gasteiger partial charge in [0.2, 0.25) is 0 Å². The van der Waals surface area contributed by atoms with Crippen LogP contribution < -0.4 is 5.32 Å². The lowest BCUT2D eigenvalue weighted by molar-refractivity contribution is -0.359. The third-order valence-corrected chi connectivity index (χ3v) is 2.27. The second-order valence-electron chi connectivity index (χ2n) is 3.34. The summed E-state index contributed by atoms with van der Waals surface area (Å²) in [7, 11) is 0. The maximum atomic E-state index is 12.9. The molecule has 1 aliphatic rings. The average Bonchev–Trinajstić information content (AvgIpc) is 2.53. The van der Waals surface area contributed by atoms with Gasteiger partial charge in [-0.2, -0.15) is 30.7 Å². The Labute approximate surface area is 92.8 Å². The predicted octanol–water partition coefficient (Wildman–Crippen LogP) is 2.99. The van der Waals surface area contributed by atoms with Crippen molar-refractivity contribution in [3.8, 4) is 0 Å². The molecule has 1 heterocycles. The van der Waals surface area contributed by atoms with Crippen LogP contribution in [0.15, 0.2) is 0 Å². The van der Waals surface area contributed by atoms with E-state index in [2.05, 4.69) is 0 Å². The Morgan fingerprint density at radius 2 is 1.44 bits per heavy atom. The summed E-state index contributed by atoms with van der Waals surface area (Å²) < 4.78 is 85.8. The molecule has 1 atom stereocenters. The molecule has 0 aromatic carbocycles. The maximum Gasteiger partial charge on any atom is 0.459 e. The molecule has 0 saturated carbocycles. The highest BCUT2D eigenvalue weighted by atomic mass is 35.5. The van der Waals surface area contributed by atoms with Crippen LogP contribution in [-0.2, 0) is 0 Å². The first-order chi connectivity index (χ1) is 6.61. The molecule has 0 spiro atoms. The van der Waals surface area contributed by atoms with E-state index in [1.165, 1.54) is 0 Å². The Bertz CT molecular complexity index is 233. The van der Waals surface area contributed by atoms with Gasteiger partial charge in [0, 0.05) is 0 Å². The van der Waals surface area contributed by atoms with Crippen LogP contribution in [0.5, 0.6) is 0 Å². The molecular weight excluding hydrogens is 267 g/mol. The number of nitrogens with one attached hydrogen (secondary N) is 1. The first kappa shape index (κ1) is 15.8. The van der Waals surface area contributed by atoms with Crippen molar-refractivity contribution in [1.29, 1.82) is 0 Å². The lowest BCUT2D eigenvalue weighted by Crippen LogP contribution is -2.60. The summed E-state index contributed by atoms with van der Waals surface area (Å²) in [4.78, 5) is 0. The average molecular weight is 276 g/mol. The SMILES string of the molecule is Cl.FC(F)(F)C(F)(F)C(F)(F)[C@H]1CCCN1. The first-order valence-electron chi connectivity index (χ1n) is 4.16. The van der Waals surface area contributed by atoms with E-state index in [0.717, 1.165) is 0 Å². The summed E-state index contributed by atoms with van der Waals surface area (Å²) in [6, 6.07) is -2.12. The van der Waals surface area contributed by atoms with Gasteiger partial charge in [-0.3, -0.25) is 0 Å². The van der Waals surface area contributed by atoms with E-state index in [1.54, 1.807) is 0 Å². The van der Waals surface area contributed by atoms with Crippen molar-refractivity contribution in [3.05, 3.63) is 0 Å². The van der Waals surface area contributed by atoms with Crippen molar-refractivity contribution in [2.45, 2.75) is 36.9 Å². The van der Waals surface area contributed by atoms with Crippen LogP contribution in [0, 0.1) is 0 Å². The monoisotopic (exact) mass is 275 g/mol. The van der Waals surface area contributed by atoms with Crippen LogP contribution >= 0.6 is 12.4 Å². The van der Waals surface area contributed by atoms with Gasteiger partial charge in [-0.25, -0.2) is 0 Å². The number of hydrogen-bond donors (Lipinski definition) is 1. The molecule has 9 heteroatoms. The van der Waals surface area contributed by atoms with Gasteiger partial charge in [-0.1, -0.05) is 0 Å². The van der Waals surface area contributed by atoms with Crippen molar-refractivity contribution in [3.63, 3.8) is 0 Å². The van der Waals surface area contributed by atoms with E-state index in [0.29, 0.717) is 0 Å². The summed E-state index contributed by atoms with van der Waals surface area (Å²) in [5.74, 6) is -11.1. The number of alkyl halides is 7. The van der Waals surface area contributed by atoms with Crippen LogP contribution in [0.1, 0.15) is 12.8 Å². The molecule has 0 bridgehead atoms. The van der Waals surface area contributed by atoms with Crippen molar-refractivity contribution in [2.24, 2.45) is 0 Å². The summed E-state index contributed by atoms with van der Waals surface area (Å²) >= 11 is 0. The number of rotatable bonds is 2. The van der Waals surface area contributed by atoms with E-state index in [4.69, 9.17) is 0 Å². The van der Waals surface area contributed by atoms with Crippen molar-refractivity contribution >= 4 is 12.4 Å². The van der Waals surface area contributed by atoms with E-state index >= 15 is 0 Å². The zero-order valence-electron chi connectivity index (χ0n) is 7.75. The fraction of sp³-hybridized carbons (Fsp3) is 1.00. The largest absolute Gasteiger partial charge is 0.459 e. The molecule has 1 saturated heterocycles. The molecule has 98 valence electrons. The van der Waals surface area contributed by atoms with Crippen LogP contribution in [0.2, 0.25) is 0 Å². The predicted molar refractivity (Wildman–Crippen MR) is 44.2 cm³/mol. The smallest absolute Gasteiger partial charge is 0.308 e. The Morgan fingerprint density at radius 3 is 1.75 bits per heavy atom. The van der Waals surface area contributed by atoms with Crippen molar-refractivity contribution < 1.29 is 30.7 Å². The first-order valence-corrected chi connectivity index (χ1v) is 4.16. The van der Waals surface area contributed by atoms with Crippen LogP contribution in [0.3, 0.4) is 0 Å². The van der Waals surface area contributed by atoms with Gasteiger partial charge in [0.1, 0.15) is 0 Å². The van der Waals surface area contributed by atoms with Gasteiger partial charge in [0.05, 0.1) is 6.04 Å². The van der Waals surface area contributed by atoms with Crippen LogP contribution in [-0.4, -0.2) is 30.6 Å². The molecule has 1 nitrogen and oxygen atoms in total. The Hall–Kier alpha value is -0.240. The third kappa shape index (κ3) is 2.37. The van der Waals surface area contributed by atoms with Gasteiger partial charge in [-0.15, -0.1) is 12.4 Å². The van der Waals surface area contributed by atoms with E-state index in [9.17, 15) is 30.7 Å². The van der Waals surface area contributed by atoms with E-state index in [1.807, 2.05) is 5.32 Å². The van der Waals surface area contributed by atoms with Crippen molar-refractivity contribution in [1.82, 2.24) is 5.32 Å². The molecule has 0 aromatic rings. The second-order valence-corrected chi connectivity index (χ2v) is 3.34. The van der Waals surface area contributed by atoms with Crippen molar-refractivity contribution in [2.75, 3.05) is 6.54 Å². The standard InChI is InChI=1S/C7H8F7N.ClH/c8-5(9,4-2-1-3-15-4)6(10,11)7(12,13)14;/h4,15H,1-3H2;1H/t4-;/m1./s1. The number of halogens is 8. The minimum atomic E-state index is -6.24. The lowest BCUT2D eigenvalue weighted by Gasteiger charge is -2.32. The zero-order chi connectivity index (χ0) is 11.9. The molecule has 0 amide bonds. The summed E-state index contributed by atoms with van der Waals surface area (Å²) in [6.07, 6.45) is -6.46. The fourth-order valence-corrected chi connectivity index (χ4v) is 1.40. The number of hydrogen-bond acceptors (Lipinski definition) is 1. The second kappa shape index (κ2) is 4.56. The zero-order valence-corrected chi connectivity index (χ0v) is 8.57. The summed E-state index contributed by atoms with van der Waals surface area (Å²) in [6.45, 7) is 0.0220. The molecule has 1 N–H and O–H groups in total. The Kier molecular flexibility index (Phi) is 4.49. The molecule has 1 aliphatic heterocycles. The fourth-order valence-electron chi connectivity index (χ4n) is 1.40. The highest BCUT2D eigenvalue weighted by molar-refractivity contribution is 5.85. The normalized spacial score (nSPS) is 23.1. The minimum Gasteiger partial charge on any atom is -0.308 e. The highest BCUT2D eigenvalue weighted by Crippen LogP contribution is 2.49. The molecule has 0 aromatic heterocycles. The van der Waals surface area contributed by atoms with Gasteiger partial charge in [0.25, 0.3) is 0 Å². The quantitative estimate of drug-likeness (QED) is 0.764.